The molecule has 0 bridgehead atoms. The van der Waals surface area contributed by atoms with Crippen LogP contribution in [0, 0.1) is 0 Å². The zero-order valence-electron chi connectivity index (χ0n) is 15.1. The van der Waals surface area contributed by atoms with Crippen LogP contribution in [0.5, 0.6) is 0 Å². The summed E-state index contributed by atoms with van der Waals surface area (Å²) in [4.78, 5) is 24.6. The molecular formula is C21H20ClNO3S. The summed E-state index contributed by atoms with van der Waals surface area (Å²) < 4.78 is 6.03. The Kier molecular flexibility index (Phi) is 6.14. The standard InChI is InChI=1S/C21H20ClNO3S/c1-3-13(2)14-8-10-15(11-9-14)23-18(24)12-26-21(25)20-19(22)16-6-4-5-7-17(16)27-20/h4-11,13H,3,12H2,1-2H3,(H,23,24)/t13-/m0/s1. The zero-order valence-corrected chi connectivity index (χ0v) is 16.7. The van der Waals surface area contributed by atoms with Crippen molar-refractivity contribution < 1.29 is 14.3 Å². The maximum atomic E-state index is 12.3. The molecule has 0 aliphatic carbocycles. The van der Waals surface area contributed by atoms with E-state index in [1.165, 1.54) is 16.9 Å². The fourth-order valence-corrected chi connectivity index (χ4v) is 4.07. The van der Waals surface area contributed by atoms with Crippen LogP contribution in [0.1, 0.15) is 41.4 Å². The molecular weight excluding hydrogens is 382 g/mol. The highest BCUT2D eigenvalue weighted by Crippen LogP contribution is 2.35. The topological polar surface area (TPSA) is 55.4 Å². The summed E-state index contributed by atoms with van der Waals surface area (Å²) in [7, 11) is 0. The molecule has 0 radical (unpaired) electrons. The fraction of sp³-hybridized carbons (Fsp3) is 0.238. The normalized spacial score (nSPS) is 12.0. The molecule has 0 saturated heterocycles. The minimum absolute atomic E-state index is 0.309. The first-order chi connectivity index (χ1) is 13.0. The summed E-state index contributed by atoms with van der Waals surface area (Å²) in [6, 6.07) is 15.2. The first-order valence-electron chi connectivity index (χ1n) is 8.73. The third-order valence-electron chi connectivity index (χ3n) is 4.43. The van der Waals surface area contributed by atoms with E-state index in [0.717, 1.165) is 16.5 Å². The van der Waals surface area contributed by atoms with Crippen LogP contribution in [0.3, 0.4) is 0 Å². The molecule has 140 valence electrons. The van der Waals surface area contributed by atoms with E-state index in [1.54, 1.807) is 0 Å². The second kappa shape index (κ2) is 8.55. The minimum atomic E-state index is -0.594. The number of carbonyl (C=O) groups excluding carboxylic acids is 2. The molecule has 0 aliphatic rings. The summed E-state index contributed by atoms with van der Waals surface area (Å²) in [5.41, 5.74) is 1.89. The number of hydrogen-bond acceptors (Lipinski definition) is 4. The number of amides is 1. The average molecular weight is 402 g/mol. The lowest BCUT2D eigenvalue weighted by Crippen LogP contribution is -2.20. The van der Waals surface area contributed by atoms with Gasteiger partial charge in [0, 0.05) is 15.8 Å². The Hall–Kier alpha value is -2.37. The van der Waals surface area contributed by atoms with Crippen molar-refractivity contribution in [3.63, 3.8) is 0 Å². The Labute approximate surface area is 167 Å². The molecule has 27 heavy (non-hydrogen) atoms. The molecule has 0 saturated carbocycles. The van der Waals surface area contributed by atoms with Gasteiger partial charge in [0.1, 0.15) is 4.88 Å². The number of fused-ring (bicyclic) bond motifs is 1. The number of halogens is 1. The lowest BCUT2D eigenvalue weighted by Gasteiger charge is -2.10. The molecule has 6 heteroatoms. The molecule has 4 nitrogen and oxygen atoms in total. The Morgan fingerprint density at radius 2 is 1.85 bits per heavy atom. The molecule has 1 atom stereocenters. The highest BCUT2D eigenvalue weighted by molar-refractivity contribution is 7.21. The molecule has 1 aromatic heterocycles. The monoisotopic (exact) mass is 401 g/mol. The number of rotatable bonds is 6. The second-order valence-electron chi connectivity index (χ2n) is 6.30. The Morgan fingerprint density at radius 1 is 1.15 bits per heavy atom. The van der Waals surface area contributed by atoms with Crippen LogP contribution in [-0.2, 0) is 9.53 Å². The van der Waals surface area contributed by atoms with E-state index in [0.29, 0.717) is 21.5 Å². The van der Waals surface area contributed by atoms with Gasteiger partial charge in [0.05, 0.1) is 5.02 Å². The van der Waals surface area contributed by atoms with Crippen LogP contribution in [0.25, 0.3) is 10.1 Å². The Morgan fingerprint density at radius 3 is 2.52 bits per heavy atom. The third-order valence-corrected chi connectivity index (χ3v) is 6.09. The van der Waals surface area contributed by atoms with Crippen molar-refractivity contribution in [1.29, 1.82) is 0 Å². The predicted molar refractivity (Wildman–Crippen MR) is 111 cm³/mol. The van der Waals surface area contributed by atoms with Gasteiger partial charge in [0.2, 0.25) is 0 Å². The van der Waals surface area contributed by atoms with Crippen molar-refractivity contribution >= 4 is 50.6 Å². The van der Waals surface area contributed by atoms with E-state index in [1.807, 2.05) is 48.5 Å². The summed E-state index contributed by atoms with van der Waals surface area (Å²) in [5, 5.41) is 3.90. The molecule has 2 aromatic carbocycles. The predicted octanol–water partition coefficient (Wildman–Crippen LogP) is 5.86. The maximum Gasteiger partial charge on any atom is 0.350 e. The van der Waals surface area contributed by atoms with Crippen molar-refractivity contribution in [3.8, 4) is 0 Å². The van der Waals surface area contributed by atoms with Crippen molar-refractivity contribution in [2.75, 3.05) is 11.9 Å². The number of nitrogens with one attached hydrogen (secondary N) is 1. The van der Waals surface area contributed by atoms with Crippen LogP contribution in [-0.4, -0.2) is 18.5 Å². The van der Waals surface area contributed by atoms with Gasteiger partial charge in [-0.05, 0) is 36.1 Å². The van der Waals surface area contributed by atoms with E-state index < -0.39 is 11.9 Å². The largest absolute Gasteiger partial charge is 0.451 e. The summed E-state index contributed by atoms with van der Waals surface area (Å²) in [5.74, 6) is -0.512. The number of esters is 1. The maximum absolute atomic E-state index is 12.3. The van der Waals surface area contributed by atoms with Crippen LogP contribution >= 0.6 is 22.9 Å². The van der Waals surface area contributed by atoms with Crippen molar-refractivity contribution in [2.45, 2.75) is 26.2 Å². The van der Waals surface area contributed by atoms with Gasteiger partial charge in [0.15, 0.2) is 6.61 Å². The molecule has 0 aliphatic heterocycles. The Bertz CT molecular complexity index is 965. The SMILES string of the molecule is CC[C@H](C)c1ccc(NC(=O)COC(=O)c2sc3ccccc3c2Cl)cc1. The Balaban J connectivity index is 1.58. The lowest BCUT2D eigenvalue weighted by molar-refractivity contribution is -0.119. The van der Waals surface area contributed by atoms with Crippen molar-refractivity contribution in [1.82, 2.24) is 0 Å². The molecule has 0 fully saturated rings. The van der Waals surface area contributed by atoms with E-state index in [9.17, 15) is 9.59 Å². The van der Waals surface area contributed by atoms with Gasteiger partial charge in [-0.15, -0.1) is 11.3 Å². The van der Waals surface area contributed by atoms with E-state index >= 15 is 0 Å². The van der Waals surface area contributed by atoms with Gasteiger partial charge in [0.25, 0.3) is 5.91 Å². The highest BCUT2D eigenvalue weighted by atomic mass is 35.5. The van der Waals surface area contributed by atoms with Crippen LogP contribution in [0.2, 0.25) is 5.02 Å². The number of hydrogen-bond donors (Lipinski definition) is 1. The first-order valence-corrected chi connectivity index (χ1v) is 9.93. The van der Waals surface area contributed by atoms with E-state index in [4.69, 9.17) is 16.3 Å². The van der Waals surface area contributed by atoms with Gasteiger partial charge in [-0.25, -0.2) is 4.79 Å². The molecule has 3 rings (SSSR count). The molecule has 1 amide bonds. The van der Waals surface area contributed by atoms with E-state index in [-0.39, 0.29) is 6.61 Å². The minimum Gasteiger partial charge on any atom is -0.451 e. The van der Waals surface area contributed by atoms with Crippen molar-refractivity contribution in [2.24, 2.45) is 0 Å². The van der Waals surface area contributed by atoms with E-state index in [2.05, 4.69) is 19.2 Å². The van der Waals surface area contributed by atoms with Crippen molar-refractivity contribution in [3.05, 3.63) is 64.0 Å². The van der Waals surface area contributed by atoms with Crippen LogP contribution < -0.4 is 5.32 Å². The first kappa shape index (κ1) is 19.4. The number of thiophene rings is 1. The summed E-state index contributed by atoms with van der Waals surface area (Å²) >= 11 is 7.51. The molecule has 0 spiro atoms. The number of benzene rings is 2. The van der Waals surface area contributed by atoms with Gasteiger partial charge >= 0.3 is 5.97 Å². The quantitative estimate of drug-likeness (QED) is 0.526. The average Bonchev–Trinajstić information content (AvgIpc) is 3.03. The van der Waals surface area contributed by atoms with Crippen LogP contribution in [0.4, 0.5) is 5.69 Å². The molecule has 0 unspecified atom stereocenters. The molecule has 1 heterocycles. The summed E-state index contributed by atoms with van der Waals surface area (Å²) in [6.45, 7) is 3.93. The molecule has 1 N–H and O–H groups in total. The van der Waals surface area contributed by atoms with Gasteiger partial charge in [-0.3, -0.25) is 4.79 Å². The van der Waals surface area contributed by atoms with Gasteiger partial charge in [-0.2, -0.15) is 0 Å². The number of ether oxygens (including phenoxy) is 1. The number of anilines is 1. The zero-order chi connectivity index (χ0) is 19.4. The summed E-state index contributed by atoms with van der Waals surface area (Å²) in [6.07, 6.45) is 1.06. The highest BCUT2D eigenvalue weighted by Gasteiger charge is 2.19. The van der Waals surface area contributed by atoms with Crippen LogP contribution in [0.15, 0.2) is 48.5 Å². The lowest BCUT2D eigenvalue weighted by atomic mass is 9.99. The third kappa shape index (κ3) is 4.49. The smallest absolute Gasteiger partial charge is 0.350 e. The second-order valence-corrected chi connectivity index (χ2v) is 7.73. The fourth-order valence-electron chi connectivity index (χ4n) is 2.67. The molecule has 3 aromatic rings. The van der Waals surface area contributed by atoms with Gasteiger partial charge < -0.3 is 10.1 Å². The van der Waals surface area contributed by atoms with Gasteiger partial charge in [-0.1, -0.05) is 55.8 Å². The number of carbonyl (C=O) groups is 2.